The Morgan fingerprint density at radius 1 is 1.26 bits per heavy atom. The number of amides is 1. The second-order valence-electron chi connectivity index (χ2n) is 6.69. The van der Waals surface area contributed by atoms with E-state index in [1.54, 1.807) is 25.1 Å². The molecule has 0 radical (unpaired) electrons. The van der Waals surface area contributed by atoms with Gasteiger partial charge >= 0.3 is 0 Å². The SMILES string of the molecule is C[C@@H](Oc1cccc(Cl)c1Cl)C(=O)NC1CCN(Cc2ccccn2)CC1. The Bertz CT molecular complexity index is 765. The molecule has 1 aromatic carbocycles. The molecule has 0 spiro atoms. The average molecular weight is 408 g/mol. The molecule has 1 saturated heterocycles. The van der Waals surface area contributed by atoms with Gasteiger partial charge in [0, 0.05) is 31.9 Å². The van der Waals surface area contributed by atoms with Crippen LogP contribution in [0.1, 0.15) is 25.5 Å². The predicted molar refractivity (Wildman–Crippen MR) is 107 cm³/mol. The number of benzene rings is 1. The molecule has 0 bridgehead atoms. The van der Waals surface area contributed by atoms with Gasteiger partial charge in [-0.25, -0.2) is 0 Å². The van der Waals surface area contributed by atoms with Crippen LogP contribution in [0.4, 0.5) is 0 Å². The number of piperidine rings is 1. The van der Waals surface area contributed by atoms with Crippen molar-refractivity contribution in [3.63, 3.8) is 0 Å². The van der Waals surface area contributed by atoms with Crippen molar-refractivity contribution < 1.29 is 9.53 Å². The van der Waals surface area contributed by atoms with Crippen molar-refractivity contribution in [3.05, 3.63) is 58.3 Å². The first kappa shape index (κ1) is 19.9. The lowest BCUT2D eigenvalue weighted by Crippen LogP contribution is -2.47. The highest BCUT2D eigenvalue weighted by atomic mass is 35.5. The number of ether oxygens (including phenoxy) is 1. The molecule has 1 aliphatic rings. The van der Waals surface area contributed by atoms with Gasteiger partial charge in [-0.3, -0.25) is 14.7 Å². The second-order valence-corrected chi connectivity index (χ2v) is 7.48. The fourth-order valence-electron chi connectivity index (χ4n) is 3.09. The van der Waals surface area contributed by atoms with Crippen LogP contribution in [-0.2, 0) is 11.3 Å². The van der Waals surface area contributed by atoms with E-state index < -0.39 is 6.10 Å². The largest absolute Gasteiger partial charge is 0.479 e. The molecule has 1 aromatic heterocycles. The van der Waals surface area contributed by atoms with Crippen molar-refractivity contribution in [2.45, 2.75) is 38.5 Å². The number of pyridine rings is 1. The van der Waals surface area contributed by atoms with Crippen LogP contribution in [0, 0.1) is 0 Å². The Labute approximate surface area is 169 Å². The zero-order valence-corrected chi connectivity index (χ0v) is 16.7. The third kappa shape index (κ3) is 5.58. The minimum absolute atomic E-state index is 0.144. The van der Waals surface area contributed by atoms with E-state index in [1.807, 2.05) is 24.4 Å². The molecule has 0 aliphatic carbocycles. The summed E-state index contributed by atoms with van der Waals surface area (Å²) in [7, 11) is 0. The number of rotatable bonds is 6. The van der Waals surface area contributed by atoms with Crippen LogP contribution < -0.4 is 10.1 Å². The van der Waals surface area contributed by atoms with Crippen molar-refractivity contribution in [2.75, 3.05) is 13.1 Å². The zero-order valence-electron chi connectivity index (χ0n) is 15.2. The van der Waals surface area contributed by atoms with E-state index in [-0.39, 0.29) is 11.9 Å². The van der Waals surface area contributed by atoms with E-state index in [4.69, 9.17) is 27.9 Å². The van der Waals surface area contributed by atoms with Crippen molar-refractivity contribution in [1.82, 2.24) is 15.2 Å². The van der Waals surface area contributed by atoms with Gasteiger partial charge < -0.3 is 10.1 Å². The minimum atomic E-state index is -0.646. The van der Waals surface area contributed by atoms with E-state index >= 15 is 0 Å². The van der Waals surface area contributed by atoms with E-state index in [1.165, 1.54) is 0 Å². The number of hydrogen-bond donors (Lipinski definition) is 1. The van der Waals surface area contributed by atoms with Gasteiger partial charge in [-0.2, -0.15) is 0 Å². The summed E-state index contributed by atoms with van der Waals surface area (Å²) in [6.45, 7) is 4.41. The molecular formula is C20H23Cl2N3O2. The molecule has 1 fully saturated rings. The quantitative estimate of drug-likeness (QED) is 0.787. The minimum Gasteiger partial charge on any atom is -0.479 e. The molecular weight excluding hydrogens is 385 g/mol. The second kappa shape index (κ2) is 9.40. The highest BCUT2D eigenvalue weighted by molar-refractivity contribution is 6.42. The molecule has 5 nitrogen and oxygen atoms in total. The van der Waals surface area contributed by atoms with Gasteiger partial charge in [0.25, 0.3) is 5.91 Å². The fraction of sp³-hybridized carbons (Fsp3) is 0.400. The van der Waals surface area contributed by atoms with Gasteiger partial charge in [0.05, 0.1) is 10.7 Å². The third-order valence-electron chi connectivity index (χ3n) is 4.63. The summed E-state index contributed by atoms with van der Waals surface area (Å²) < 4.78 is 5.68. The highest BCUT2D eigenvalue weighted by Crippen LogP contribution is 2.32. The topological polar surface area (TPSA) is 54.5 Å². The number of nitrogens with one attached hydrogen (secondary N) is 1. The monoisotopic (exact) mass is 407 g/mol. The van der Waals surface area contributed by atoms with Crippen LogP contribution >= 0.6 is 23.2 Å². The molecule has 7 heteroatoms. The van der Waals surface area contributed by atoms with Crippen LogP contribution in [0.3, 0.4) is 0 Å². The first-order chi connectivity index (χ1) is 13.0. The van der Waals surface area contributed by atoms with Crippen molar-refractivity contribution in [1.29, 1.82) is 0 Å². The lowest BCUT2D eigenvalue weighted by Gasteiger charge is -2.32. The number of carbonyl (C=O) groups excluding carboxylic acids is 1. The molecule has 144 valence electrons. The van der Waals surface area contributed by atoms with Crippen molar-refractivity contribution in [3.8, 4) is 5.75 Å². The number of aromatic nitrogens is 1. The van der Waals surface area contributed by atoms with Crippen LogP contribution in [0.5, 0.6) is 5.75 Å². The average Bonchev–Trinajstić information content (AvgIpc) is 2.68. The highest BCUT2D eigenvalue weighted by Gasteiger charge is 2.24. The van der Waals surface area contributed by atoms with E-state index in [2.05, 4.69) is 15.2 Å². The summed E-state index contributed by atoms with van der Waals surface area (Å²) in [6, 6.07) is 11.2. The standard InChI is InChI=1S/C20H23Cl2N3O2/c1-14(27-18-7-4-6-17(21)19(18)22)20(26)24-15-8-11-25(12-9-15)13-16-5-2-3-10-23-16/h2-7,10,14-15H,8-9,11-13H2,1H3,(H,24,26)/t14-/m1/s1. The smallest absolute Gasteiger partial charge is 0.260 e. The van der Waals surface area contributed by atoms with E-state index in [0.29, 0.717) is 15.8 Å². The number of nitrogens with zero attached hydrogens (tertiary/aromatic N) is 2. The first-order valence-electron chi connectivity index (χ1n) is 9.06. The molecule has 0 saturated carbocycles. The number of hydrogen-bond acceptors (Lipinski definition) is 4. The zero-order chi connectivity index (χ0) is 19.2. The van der Waals surface area contributed by atoms with Gasteiger partial charge in [0.1, 0.15) is 10.8 Å². The number of halogens is 2. The Kier molecular flexibility index (Phi) is 6.94. The molecule has 1 amide bonds. The lowest BCUT2D eigenvalue weighted by molar-refractivity contribution is -0.128. The molecule has 3 rings (SSSR count). The molecule has 1 aliphatic heterocycles. The maximum atomic E-state index is 12.4. The van der Waals surface area contributed by atoms with Crippen molar-refractivity contribution in [2.24, 2.45) is 0 Å². The van der Waals surface area contributed by atoms with Crippen LogP contribution in [0.15, 0.2) is 42.6 Å². The van der Waals surface area contributed by atoms with Gasteiger partial charge in [-0.15, -0.1) is 0 Å². The molecule has 2 heterocycles. The number of carbonyl (C=O) groups is 1. The van der Waals surface area contributed by atoms with Crippen molar-refractivity contribution >= 4 is 29.1 Å². The third-order valence-corrected chi connectivity index (χ3v) is 5.44. The maximum absolute atomic E-state index is 12.4. The Morgan fingerprint density at radius 2 is 2.04 bits per heavy atom. The normalized spacial score (nSPS) is 16.7. The molecule has 1 atom stereocenters. The fourth-order valence-corrected chi connectivity index (χ4v) is 3.43. The molecule has 0 unspecified atom stereocenters. The van der Waals surface area contributed by atoms with Crippen LogP contribution in [0.25, 0.3) is 0 Å². The molecule has 2 aromatic rings. The maximum Gasteiger partial charge on any atom is 0.260 e. The summed E-state index contributed by atoms with van der Waals surface area (Å²) in [6.07, 6.45) is 2.98. The summed E-state index contributed by atoms with van der Waals surface area (Å²) >= 11 is 12.1. The summed E-state index contributed by atoms with van der Waals surface area (Å²) in [5.41, 5.74) is 1.07. The van der Waals surface area contributed by atoms with Gasteiger partial charge in [0.2, 0.25) is 0 Å². The van der Waals surface area contributed by atoms with Gasteiger partial charge in [-0.1, -0.05) is 35.3 Å². The summed E-state index contributed by atoms with van der Waals surface area (Å²) in [5, 5.41) is 3.80. The van der Waals surface area contributed by atoms with E-state index in [0.717, 1.165) is 38.2 Å². The van der Waals surface area contributed by atoms with Gasteiger partial charge in [0.15, 0.2) is 6.10 Å². The summed E-state index contributed by atoms with van der Waals surface area (Å²) in [5.74, 6) is 0.270. The van der Waals surface area contributed by atoms with E-state index in [9.17, 15) is 4.79 Å². The number of likely N-dealkylation sites (tertiary alicyclic amines) is 1. The Hall–Kier alpha value is -1.82. The van der Waals surface area contributed by atoms with Gasteiger partial charge in [-0.05, 0) is 44.0 Å². The van der Waals surface area contributed by atoms with Crippen LogP contribution in [-0.4, -0.2) is 41.0 Å². The first-order valence-corrected chi connectivity index (χ1v) is 9.82. The Morgan fingerprint density at radius 3 is 2.74 bits per heavy atom. The summed E-state index contributed by atoms with van der Waals surface area (Å²) in [4.78, 5) is 19.2. The Balaban J connectivity index is 1.45. The van der Waals surface area contributed by atoms with Crippen LogP contribution in [0.2, 0.25) is 10.0 Å². The predicted octanol–water partition coefficient (Wildman–Crippen LogP) is 3.94. The lowest BCUT2D eigenvalue weighted by atomic mass is 10.0. The molecule has 27 heavy (non-hydrogen) atoms. The molecule has 1 N–H and O–H groups in total.